The standard InChI is InChI=1S/C17H13ClN4O5S/c1-26-14-7-2-10(18)8-13(14)16-20-21-17(27-16)28-9-15(23)19-11-3-5-12(6-4-11)22(24)25/h2-8H,9H2,1H3,(H,19,23). The predicted molar refractivity (Wildman–Crippen MR) is 104 cm³/mol. The summed E-state index contributed by atoms with van der Waals surface area (Å²) in [5.41, 5.74) is 0.943. The maximum Gasteiger partial charge on any atom is 0.277 e. The Labute approximate surface area is 168 Å². The molecular formula is C17H13ClN4O5S. The van der Waals surface area contributed by atoms with E-state index in [2.05, 4.69) is 15.5 Å². The summed E-state index contributed by atoms with van der Waals surface area (Å²) in [4.78, 5) is 22.2. The second-order valence-corrected chi connectivity index (χ2v) is 6.72. The average Bonchev–Trinajstić information content (AvgIpc) is 3.15. The van der Waals surface area contributed by atoms with Crippen LogP contribution in [0.3, 0.4) is 0 Å². The molecule has 9 nitrogen and oxygen atoms in total. The number of halogens is 1. The Morgan fingerprint density at radius 2 is 2.04 bits per heavy atom. The van der Waals surface area contributed by atoms with Crippen LogP contribution >= 0.6 is 23.4 Å². The van der Waals surface area contributed by atoms with Crippen molar-refractivity contribution in [3.8, 4) is 17.2 Å². The van der Waals surface area contributed by atoms with E-state index in [9.17, 15) is 14.9 Å². The highest BCUT2D eigenvalue weighted by Gasteiger charge is 2.15. The molecule has 0 bridgehead atoms. The molecule has 2 aromatic carbocycles. The summed E-state index contributed by atoms with van der Waals surface area (Å²) in [5, 5.41) is 21.8. The number of benzene rings is 2. The largest absolute Gasteiger partial charge is 0.496 e. The third kappa shape index (κ3) is 4.78. The average molecular weight is 421 g/mol. The Hall–Kier alpha value is -3.11. The summed E-state index contributed by atoms with van der Waals surface area (Å²) >= 11 is 7.05. The molecule has 0 aliphatic heterocycles. The molecule has 1 aromatic heterocycles. The number of thioether (sulfide) groups is 1. The fourth-order valence-corrected chi connectivity index (χ4v) is 2.95. The van der Waals surface area contributed by atoms with E-state index in [1.807, 2.05) is 0 Å². The minimum Gasteiger partial charge on any atom is -0.496 e. The van der Waals surface area contributed by atoms with Gasteiger partial charge in [-0.05, 0) is 30.3 Å². The predicted octanol–water partition coefficient (Wildman–Crippen LogP) is 4.04. The second-order valence-electron chi connectivity index (χ2n) is 5.36. The van der Waals surface area contributed by atoms with E-state index in [0.29, 0.717) is 22.0 Å². The Bertz CT molecular complexity index is 1010. The molecule has 144 valence electrons. The van der Waals surface area contributed by atoms with Crippen molar-refractivity contribution in [2.45, 2.75) is 5.22 Å². The van der Waals surface area contributed by atoms with Gasteiger partial charge in [0.15, 0.2) is 0 Å². The number of nitro groups is 1. The van der Waals surface area contributed by atoms with Crippen LogP contribution in [-0.4, -0.2) is 33.9 Å². The van der Waals surface area contributed by atoms with Crippen LogP contribution in [-0.2, 0) is 4.79 Å². The zero-order chi connectivity index (χ0) is 20.1. The molecule has 0 atom stereocenters. The Morgan fingerprint density at radius 1 is 1.29 bits per heavy atom. The first kappa shape index (κ1) is 19.6. The highest BCUT2D eigenvalue weighted by molar-refractivity contribution is 7.99. The van der Waals surface area contributed by atoms with Gasteiger partial charge in [0, 0.05) is 22.8 Å². The highest BCUT2D eigenvalue weighted by Crippen LogP contribution is 2.33. The van der Waals surface area contributed by atoms with Crippen LogP contribution in [0.25, 0.3) is 11.5 Å². The van der Waals surface area contributed by atoms with Gasteiger partial charge < -0.3 is 14.5 Å². The van der Waals surface area contributed by atoms with Gasteiger partial charge in [-0.1, -0.05) is 23.4 Å². The van der Waals surface area contributed by atoms with Crippen molar-refractivity contribution in [2.75, 3.05) is 18.2 Å². The van der Waals surface area contributed by atoms with Gasteiger partial charge in [0.25, 0.3) is 16.8 Å². The summed E-state index contributed by atoms with van der Waals surface area (Å²) in [6, 6.07) is 10.5. The first-order chi connectivity index (χ1) is 13.5. The molecule has 28 heavy (non-hydrogen) atoms. The number of non-ortho nitro benzene ring substituents is 1. The van der Waals surface area contributed by atoms with Crippen molar-refractivity contribution >= 4 is 40.6 Å². The van der Waals surface area contributed by atoms with Gasteiger partial charge in [-0.2, -0.15) is 0 Å². The van der Waals surface area contributed by atoms with Crippen molar-refractivity contribution < 1.29 is 18.9 Å². The molecule has 0 radical (unpaired) electrons. The lowest BCUT2D eigenvalue weighted by Crippen LogP contribution is -2.13. The number of ether oxygens (including phenoxy) is 1. The van der Waals surface area contributed by atoms with E-state index in [4.69, 9.17) is 20.8 Å². The number of nitrogens with one attached hydrogen (secondary N) is 1. The molecule has 0 unspecified atom stereocenters. The zero-order valence-corrected chi connectivity index (χ0v) is 16.0. The molecular weight excluding hydrogens is 408 g/mol. The smallest absolute Gasteiger partial charge is 0.277 e. The van der Waals surface area contributed by atoms with Gasteiger partial charge >= 0.3 is 0 Å². The first-order valence-corrected chi connectivity index (χ1v) is 9.17. The van der Waals surface area contributed by atoms with Crippen LogP contribution in [0.1, 0.15) is 0 Å². The number of nitrogens with zero attached hydrogens (tertiary/aromatic N) is 3. The molecule has 0 aliphatic rings. The van der Waals surface area contributed by atoms with Gasteiger partial charge in [0.05, 0.1) is 23.3 Å². The molecule has 0 saturated heterocycles. The van der Waals surface area contributed by atoms with E-state index in [-0.39, 0.29) is 28.5 Å². The number of rotatable bonds is 7. The number of anilines is 1. The van der Waals surface area contributed by atoms with Crippen molar-refractivity contribution in [3.05, 3.63) is 57.6 Å². The first-order valence-electron chi connectivity index (χ1n) is 7.81. The van der Waals surface area contributed by atoms with Crippen molar-refractivity contribution in [1.29, 1.82) is 0 Å². The molecule has 1 heterocycles. The van der Waals surface area contributed by atoms with Crippen LogP contribution in [0.4, 0.5) is 11.4 Å². The SMILES string of the molecule is COc1ccc(Cl)cc1-c1nnc(SCC(=O)Nc2ccc([N+](=O)[O-])cc2)o1. The lowest BCUT2D eigenvalue weighted by molar-refractivity contribution is -0.384. The number of hydrogen-bond donors (Lipinski definition) is 1. The summed E-state index contributed by atoms with van der Waals surface area (Å²) < 4.78 is 10.8. The maximum atomic E-state index is 12.0. The molecule has 3 rings (SSSR count). The number of carbonyl (C=O) groups excluding carboxylic acids is 1. The Morgan fingerprint density at radius 3 is 2.71 bits per heavy atom. The molecule has 1 N–H and O–H groups in total. The number of nitro benzene ring substituents is 1. The lowest BCUT2D eigenvalue weighted by Gasteiger charge is -2.05. The molecule has 3 aromatic rings. The minimum atomic E-state index is -0.510. The molecule has 1 amide bonds. The van der Waals surface area contributed by atoms with Gasteiger partial charge in [-0.25, -0.2) is 0 Å². The van der Waals surface area contributed by atoms with Crippen molar-refractivity contribution in [3.63, 3.8) is 0 Å². The van der Waals surface area contributed by atoms with Crippen LogP contribution in [0, 0.1) is 10.1 Å². The van der Waals surface area contributed by atoms with Crippen LogP contribution < -0.4 is 10.1 Å². The normalized spacial score (nSPS) is 10.5. The fourth-order valence-electron chi connectivity index (χ4n) is 2.22. The Kier molecular flexibility index (Phi) is 6.12. The third-order valence-corrected chi connectivity index (χ3v) is 4.54. The summed E-state index contributed by atoms with van der Waals surface area (Å²) in [5.74, 6) is 0.447. The quantitative estimate of drug-likeness (QED) is 0.345. The van der Waals surface area contributed by atoms with Crippen LogP contribution in [0.5, 0.6) is 5.75 Å². The number of methoxy groups -OCH3 is 1. The fraction of sp³-hybridized carbons (Fsp3) is 0.118. The molecule has 0 spiro atoms. The van der Waals surface area contributed by atoms with Gasteiger partial charge in [-0.3, -0.25) is 14.9 Å². The summed E-state index contributed by atoms with van der Waals surface area (Å²) in [6.45, 7) is 0. The van der Waals surface area contributed by atoms with Crippen LogP contribution in [0.15, 0.2) is 52.1 Å². The summed E-state index contributed by atoms with van der Waals surface area (Å²) in [7, 11) is 1.52. The van der Waals surface area contributed by atoms with E-state index < -0.39 is 4.92 Å². The number of hydrogen-bond acceptors (Lipinski definition) is 8. The second kappa shape index (κ2) is 8.72. The Balaban J connectivity index is 1.60. The molecule has 0 saturated carbocycles. The molecule has 0 fully saturated rings. The van der Waals surface area contributed by atoms with E-state index in [1.54, 1.807) is 18.2 Å². The van der Waals surface area contributed by atoms with E-state index >= 15 is 0 Å². The third-order valence-electron chi connectivity index (χ3n) is 3.49. The molecule has 0 aliphatic carbocycles. The van der Waals surface area contributed by atoms with Crippen molar-refractivity contribution in [2.24, 2.45) is 0 Å². The monoisotopic (exact) mass is 420 g/mol. The van der Waals surface area contributed by atoms with Crippen molar-refractivity contribution in [1.82, 2.24) is 10.2 Å². The number of carbonyl (C=O) groups is 1. The minimum absolute atomic E-state index is 0.0191. The van der Waals surface area contributed by atoms with E-state index in [0.717, 1.165) is 11.8 Å². The molecule has 11 heteroatoms. The topological polar surface area (TPSA) is 120 Å². The summed E-state index contributed by atoms with van der Waals surface area (Å²) in [6.07, 6.45) is 0. The van der Waals surface area contributed by atoms with Gasteiger partial charge in [-0.15, -0.1) is 10.2 Å². The number of aromatic nitrogens is 2. The maximum absolute atomic E-state index is 12.0. The van der Waals surface area contributed by atoms with Gasteiger partial charge in [0.2, 0.25) is 5.91 Å². The zero-order valence-electron chi connectivity index (χ0n) is 14.4. The van der Waals surface area contributed by atoms with E-state index in [1.165, 1.54) is 31.4 Å². The number of amides is 1. The lowest BCUT2D eigenvalue weighted by atomic mass is 10.2. The van der Waals surface area contributed by atoms with Gasteiger partial charge in [0.1, 0.15) is 5.75 Å². The van der Waals surface area contributed by atoms with Crippen LogP contribution in [0.2, 0.25) is 5.02 Å². The highest BCUT2D eigenvalue weighted by atomic mass is 35.5.